The van der Waals surface area contributed by atoms with Crippen molar-refractivity contribution in [3.8, 4) is 0 Å². The Kier molecular flexibility index (Phi) is 4.29. The molecule has 4 aromatic carbocycles. The molecule has 0 aliphatic carbocycles. The number of hydrogen-bond acceptors (Lipinski definition) is 4. The molecule has 1 heterocycles. The summed E-state index contributed by atoms with van der Waals surface area (Å²) >= 11 is 0. The van der Waals surface area contributed by atoms with Crippen LogP contribution in [-0.4, -0.2) is 22.3 Å². The van der Waals surface area contributed by atoms with Gasteiger partial charge >= 0.3 is 0 Å². The third-order valence-corrected chi connectivity index (χ3v) is 5.08. The first-order chi connectivity index (χ1) is 14.7. The van der Waals surface area contributed by atoms with Gasteiger partial charge in [-0.15, -0.1) is 0 Å². The predicted molar refractivity (Wildman–Crippen MR) is 119 cm³/mol. The van der Waals surface area contributed by atoms with Crippen LogP contribution in [0.1, 0.15) is 16.1 Å². The van der Waals surface area contributed by atoms with Gasteiger partial charge < -0.3 is 0 Å². The Hall–Kier alpha value is -4.32. The van der Waals surface area contributed by atoms with E-state index in [-0.39, 0.29) is 11.3 Å². The van der Waals surface area contributed by atoms with Crippen LogP contribution in [0.2, 0.25) is 0 Å². The minimum atomic E-state index is -0.497. The van der Waals surface area contributed by atoms with Gasteiger partial charge in [-0.25, -0.2) is 10.5 Å². The highest BCUT2D eigenvalue weighted by molar-refractivity contribution is 6.13. The molecule has 0 bridgehead atoms. The molecule has 0 saturated heterocycles. The molecule has 2 N–H and O–H groups in total. The minimum Gasteiger partial charge on any atom is -0.267 e. The molecule has 6 heteroatoms. The minimum absolute atomic E-state index is 0.116. The summed E-state index contributed by atoms with van der Waals surface area (Å²) in [4.78, 5) is 24.6. The number of hydrogen-bond donors (Lipinski definition) is 2. The Morgan fingerprint density at radius 2 is 1.40 bits per heavy atom. The monoisotopic (exact) mass is 392 g/mol. The summed E-state index contributed by atoms with van der Waals surface area (Å²) in [5, 5.41) is 15.6. The van der Waals surface area contributed by atoms with Gasteiger partial charge in [-0.1, -0.05) is 66.7 Å². The molecule has 0 unspecified atom stereocenters. The topological polar surface area (TPSA) is 87.2 Å². The first-order valence-electron chi connectivity index (χ1n) is 9.44. The number of H-pyrrole nitrogens is 1. The molecule has 0 aliphatic heterocycles. The Balaban J connectivity index is 1.54. The van der Waals surface area contributed by atoms with Crippen molar-refractivity contribution < 1.29 is 4.79 Å². The van der Waals surface area contributed by atoms with Crippen LogP contribution in [0.4, 0.5) is 0 Å². The van der Waals surface area contributed by atoms with E-state index in [0.717, 1.165) is 27.1 Å². The van der Waals surface area contributed by atoms with Crippen LogP contribution in [0.25, 0.3) is 32.3 Å². The summed E-state index contributed by atoms with van der Waals surface area (Å²) in [5.74, 6) is -0.497. The number of aromatic nitrogens is 2. The second kappa shape index (κ2) is 7.25. The molecule has 0 saturated carbocycles. The summed E-state index contributed by atoms with van der Waals surface area (Å²) in [7, 11) is 0. The van der Waals surface area contributed by atoms with Crippen molar-refractivity contribution in [1.82, 2.24) is 15.6 Å². The van der Waals surface area contributed by atoms with Gasteiger partial charge in [0, 0.05) is 10.9 Å². The zero-order valence-corrected chi connectivity index (χ0v) is 15.8. The molecule has 1 aromatic heterocycles. The molecule has 5 rings (SSSR count). The Labute approximate surface area is 170 Å². The van der Waals surface area contributed by atoms with Gasteiger partial charge in [-0.05, 0) is 33.7 Å². The molecule has 0 aliphatic rings. The zero-order chi connectivity index (χ0) is 20.5. The first-order valence-corrected chi connectivity index (χ1v) is 9.44. The van der Waals surface area contributed by atoms with Crippen molar-refractivity contribution in [2.24, 2.45) is 5.10 Å². The molecular weight excluding hydrogens is 376 g/mol. The number of amides is 1. The van der Waals surface area contributed by atoms with Gasteiger partial charge in [0.25, 0.3) is 11.5 Å². The van der Waals surface area contributed by atoms with Crippen LogP contribution in [0, 0.1) is 0 Å². The van der Waals surface area contributed by atoms with Crippen LogP contribution in [0.5, 0.6) is 0 Å². The number of hydrazone groups is 1. The van der Waals surface area contributed by atoms with E-state index in [4.69, 9.17) is 0 Å². The van der Waals surface area contributed by atoms with Gasteiger partial charge in [0.05, 0.1) is 11.6 Å². The zero-order valence-electron chi connectivity index (χ0n) is 15.8. The fraction of sp³-hybridized carbons (Fsp3) is 0. The normalized spacial score (nSPS) is 11.5. The summed E-state index contributed by atoms with van der Waals surface area (Å²) in [5.41, 5.74) is 3.23. The number of aromatic amines is 1. The standard InChI is InChI=1S/C24H16N4O2/c29-23-20-12-6-5-11-19(20)22(26-28-23)24(30)27-25-14-21-17-9-3-1-7-15(17)13-16-8-2-4-10-18(16)21/h1-14H,(H,27,30)(H,28,29)/b25-14-. The maximum Gasteiger partial charge on any atom is 0.292 e. The Bertz CT molecular complexity index is 1460. The van der Waals surface area contributed by atoms with E-state index < -0.39 is 5.91 Å². The van der Waals surface area contributed by atoms with Crippen molar-refractivity contribution in [2.45, 2.75) is 0 Å². The van der Waals surface area contributed by atoms with Crippen molar-refractivity contribution in [1.29, 1.82) is 0 Å². The van der Waals surface area contributed by atoms with Crippen LogP contribution in [0.3, 0.4) is 0 Å². The van der Waals surface area contributed by atoms with Crippen molar-refractivity contribution >= 4 is 44.4 Å². The van der Waals surface area contributed by atoms with E-state index in [1.54, 1.807) is 30.5 Å². The molecule has 5 aromatic rings. The van der Waals surface area contributed by atoms with E-state index in [9.17, 15) is 9.59 Å². The van der Waals surface area contributed by atoms with E-state index >= 15 is 0 Å². The lowest BCUT2D eigenvalue weighted by Gasteiger charge is -2.08. The molecule has 144 valence electrons. The highest BCUT2D eigenvalue weighted by atomic mass is 16.2. The number of benzene rings is 4. The first kappa shape index (κ1) is 17.8. The number of nitrogens with one attached hydrogen (secondary N) is 2. The van der Waals surface area contributed by atoms with Gasteiger partial charge in [0.1, 0.15) is 0 Å². The Morgan fingerprint density at radius 1 is 0.833 bits per heavy atom. The third-order valence-electron chi connectivity index (χ3n) is 5.08. The SMILES string of the molecule is O=C(N/N=C\c1c2ccccc2cc2ccccc12)c1n[nH]c(=O)c2ccccc12. The lowest BCUT2D eigenvalue weighted by atomic mass is 9.97. The van der Waals surface area contributed by atoms with Gasteiger partial charge in [-0.2, -0.15) is 10.2 Å². The molecule has 1 amide bonds. The quantitative estimate of drug-likeness (QED) is 0.276. The molecule has 30 heavy (non-hydrogen) atoms. The van der Waals surface area contributed by atoms with Crippen LogP contribution < -0.4 is 11.0 Å². The van der Waals surface area contributed by atoms with Gasteiger partial charge in [-0.3, -0.25) is 9.59 Å². The molecular formula is C24H16N4O2. The van der Waals surface area contributed by atoms with Crippen molar-refractivity contribution in [2.75, 3.05) is 0 Å². The third kappa shape index (κ3) is 3.00. The number of rotatable bonds is 3. The van der Waals surface area contributed by atoms with Crippen LogP contribution in [-0.2, 0) is 0 Å². The van der Waals surface area contributed by atoms with Gasteiger partial charge in [0.15, 0.2) is 5.69 Å². The maximum absolute atomic E-state index is 12.7. The van der Waals surface area contributed by atoms with Crippen LogP contribution >= 0.6 is 0 Å². The average Bonchev–Trinajstić information content (AvgIpc) is 2.79. The van der Waals surface area contributed by atoms with Crippen molar-refractivity contribution in [3.63, 3.8) is 0 Å². The van der Waals surface area contributed by atoms with E-state index in [1.165, 1.54) is 0 Å². The molecule has 0 fully saturated rings. The second-order valence-corrected chi connectivity index (χ2v) is 6.88. The Morgan fingerprint density at radius 3 is 2.07 bits per heavy atom. The molecule has 6 nitrogen and oxygen atoms in total. The maximum atomic E-state index is 12.7. The van der Waals surface area contributed by atoms with Gasteiger partial charge in [0.2, 0.25) is 0 Å². The lowest BCUT2D eigenvalue weighted by molar-refractivity contribution is 0.0951. The summed E-state index contributed by atoms with van der Waals surface area (Å²) < 4.78 is 0. The van der Waals surface area contributed by atoms with E-state index in [0.29, 0.717) is 10.8 Å². The van der Waals surface area contributed by atoms with E-state index in [2.05, 4.69) is 26.8 Å². The summed E-state index contributed by atoms with van der Waals surface area (Å²) in [6.07, 6.45) is 1.65. The van der Waals surface area contributed by atoms with E-state index in [1.807, 2.05) is 48.5 Å². The molecule has 0 radical (unpaired) electrons. The molecule has 0 spiro atoms. The highest BCUT2D eigenvalue weighted by Gasteiger charge is 2.13. The predicted octanol–water partition coefficient (Wildman–Crippen LogP) is 3.99. The smallest absolute Gasteiger partial charge is 0.267 e. The highest BCUT2D eigenvalue weighted by Crippen LogP contribution is 2.27. The van der Waals surface area contributed by atoms with Crippen molar-refractivity contribution in [3.05, 3.63) is 100 Å². The van der Waals surface area contributed by atoms with Crippen LogP contribution in [0.15, 0.2) is 88.8 Å². The number of carbonyl (C=O) groups is 1. The number of nitrogens with zero attached hydrogens (tertiary/aromatic N) is 2. The fourth-order valence-electron chi connectivity index (χ4n) is 3.68. The second-order valence-electron chi connectivity index (χ2n) is 6.88. The summed E-state index contributed by atoms with van der Waals surface area (Å²) in [6, 6.07) is 25.1. The average molecular weight is 392 g/mol. The largest absolute Gasteiger partial charge is 0.292 e. The lowest BCUT2D eigenvalue weighted by Crippen LogP contribution is -2.22. The summed E-state index contributed by atoms with van der Waals surface area (Å²) in [6.45, 7) is 0. The number of fused-ring (bicyclic) bond motifs is 3. The fourth-order valence-corrected chi connectivity index (χ4v) is 3.68. The number of carbonyl (C=O) groups excluding carboxylic acids is 1. The molecule has 0 atom stereocenters.